The van der Waals surface area contributed by atoms with E-state index in [1.807, 2.05) is 25.1 Å². The molecule has 0 spiro atoms. The van der Waals surface area contributed by atoms with Crippen molar-refractivity contribution in [1.82, 2.24) is 10.2 Å². The minimum absolute atomic E-state index is 0. The van der Waals surface area contributed by atoms with Crippen molar-refractivity contribution in [3.05, 3.63) is 30.3 Å². The first-order valence-electron chi connectivity index (χ1n) is 9.73. The Labute approximate surface area is 180 Å². The molecule has 0 aliphatic carbocycles. The topological polar surface area (TPSA) is 66.0 Å². The summed E-state index contributed by atoms with van der Waals surface area (Å²) < 4.78 is 5.19. The van der Waals surface area contributed by atoms with Crippen LogP contribution in [0.15, 0.2) is 35.3 Å². The zero-order chi connectivity index (χ0) is 18.6. The standard InChI is InChI=1S/C20H32N4O2.HI/c1-3-21-20(23-14-9-13-22-18-11-6-5-7-12-18)24-15-8-10-17(16-24)19(25)26-4-2;/h5-7,11-12,17,22H,3-4,8-10,13-16H2,1-2H3,(H,21,23);1H. The predicted molar refractivity (Wildman–Crippen MR) is 122 cm³/mol. The number of carbonyl (C=O) groups excluding carboxylic acids is 1. The molecular weight excluding hydrogens is 455 g/mol. The molecule has 0 saturated carbocycles. The fourth-order valence-electron chi connectivity index (χ4n) is 3.10. The summed E-state index contributed by atoms with van der Waals surface area (Å²) >= 11 is 0. The van der Waals surface area contributed by atoms with E-state index in [4.69, 9.17) is 9.73 Å². The van der Waals surface area contributed by atoms with E-state index in [0.717, 1.165) is 57.1 Å². The first-order chi connectivity index (χ1) is 12.7. The van der Waals surface area contributed by atoms with Gasteiger partial charge >= 0.3 is 5.97 Å². The number of hydrogen-bond donors (Lipinski definition) is 2. The molecule has 0 radical (unpaired) electrons. The van der Waals surface area contributed by atoms with E-state index in [9.17, 15) is 4.79 Å². The lowest BCUT2D eigenvalue weighted by atomic mass is 9.98. The van der Waals surface area contributed by atoms with Crippen molar-refractivity contribution >= 4 is 41.6 Å². The van der Waals surface area contributed by atoms with Crippen LogP contribution in [0.2, 0.25) is 0 Å². The minimum atomic E-state index is -0.0832. The molecule has 27 heavy (non-hydrogen) atoms. The van der Waals surface area contributed by atoms with Gasteiger partial charge in [0.2, 0.25) is 0 Å². The third-order valence-corrected chi connectivity index (χ3v) is 4.38. The van der Waals surface area contributed by atoms with Crippen LogP contribution in [0.5, 0.6) is 0 Å². The molecule has 1 aromatic carbocycles. The highest BCUT2D eigenvalue weighted by atomic mass is 127. The van der Waals surface area contributed by atoms with Crippen LogP contribution in [0.1, 0.15) is 33.1 Å². The second-order valence-corrected chi connectivity index (χ2v) is 6.42. The van der Waals surface area contributed by atoms with Crippen molar-refractivity contribution in [3.63, 3.8) is 0 Å². The maximum absolute atomic E-state index is 12.0. The Morgan fingerprint density at radius 3 is 2.78 bits per heavy atom. The number of guanidine groups is 1. The fourth-order valence-corrected chi connectivity index (χ4v) is 3.10. The first kappa shape index (κ1) is 23.5. The van der Waals surface area contributed by atoms with Gasteiger partial charge in [-0.05, 0) is 45.2 Å². The summed E-state index contributed by atoms with van der Waals surface area (Å²) in [5.74, 6) is 0.772. The van der Waals surface area contributed by atoms with Gasteiger partial charge in [-0.15, -0.1) is 24.0 Å². The maximum Gasteiger partial charge on any atom is 0.310 e. The number of hydrogen-bond acceptors (Lipinski definition) is 4. The third kappa shape index (κ3) is 8.36. The highest BCUT2D eigenvalue weighted by Gasteiger charge is 2.28. The number of piperidine rings is 1. The number of rotatable bonds is 8. The normalized spacial score (nSPS) is 17.0. The number of halogens is 1. The molecule has 0 bridgehead atoms. The van der Waals surface area contributed by atoms with Gasteiger partial charge in [-0.2, -0.15) is 0 Å². The Balaban J connectivity index is 0.00000364. The quantitative estimate of drug-likeness (QED) is 0.193. The molecule has 1 aliphatic rings. The lowest BCUT2D eigenvalue weighted by Gasteiger charge is -2.34. The number of anilines is 1. The number of likely N-dealkylation sites (tertiary alicyclic amines) is 1. The number of nitrogens with zero attached hydrogens (tertiary/aromatic N) is 2. The summed E-state index contributed by atoms with van der Waals surface area (Å²) in [7, 11) is 0. The average molecular weight is 488 g/mol. The molecule has 1 atom stereocenters. The van der Waals surface area contributed by atoms with Crippen LogP contribution in [0.3, 0.4) is 0 Å². The fraction of sp³-hybridized carbons (Fsp3) is 0.600. The van der Waals surface area contributed by atoms with Crippen molar-refractivity contribution in [2.75, 3.05) is 44.6 Å². The van der Waals surface area contributed by atoms with Gasteiger partial charge in [-0.1, -0.05) is 18.2 Å². The van der Waals surface area contributed by atoms with Crippen molar-refractivity contribution in [1.29, 1.82) is 0 Å². The van der Waals surface area contributed by atoms with Crippen LogP contribution in [0, 0.1) is 5.92 Å². The molecule has 1 saturated heterocycles. The number of nitrogens with one attached hydrogen (secondary N) is 2. The van der Waals surface area contributed by atoms with Gasteiger partial charge in [0.1, 0.15) is 0 Å². The molecule has 2 N–H and O–H groups in total. The largest absolute Gasteiger partial charge is 0.466 e. The van der Waals surface area contributed by atoms with Crippen LogP contribution in [0.4, 0.5) is 5.69 Å². The minimum Gasteiger partial charge on any atom is -0.466 e. The van der Waals surface area contributed by atoms with Crippen molar-refractivity contribution in [2.24, 2.45) is 10.9 Å². The van der Waals surface area contributed by atoms with E-state index in [1.165, 1.54) is 0 Å². The molecular formula is C20H33IN4O2. The summed E-state index contributed by atoms with van der Waals surface area (Å²) in [6.45, 7) is 8.45. The molecule has 1 heterocycles. The predicted octanol–water partition coefficient (Wildman–Crippen LogP) is 3.35. The molecule has 2 rings (SSSR count). The van der Waals surface area contributed by atoms with E-state index < -0.39 is 0 Å². The Morgan fingerprint density at radius 1 is 1.30 bits per heavy atom. The van der Waals surface area contributed by atoms with Gasteiger partial charge in [0.05, 0.1) is 12.5 Å². The van der Waals surface area contributed by atoms with Crippen LogP contribution >= 0.6 is 24.0 Å². The Hall–Kier alpha value is -1.51. The maximum atomic E-state index is 12.0. The highest BCUT2D eigenvalue weighted by molar-refractivity contribution is 14.0. The molecule has 152 valence electrons. The number of para-hydroxylation sites is 1. The molecule has 7 heteroatoms. The summed E-state index contributed by atoms with van der Waals surface area (Å²) in [5.41, 5.74) is 1.14. The average Bonchev–Trinajstić information content (AvgIpc) is 2.68. The molecule has 1 aromatic rings. The second-order valence-electron chi connectivity index (χ2n) is 6.42. The Morgan fingerprint density at radius 2 is 2.07 bits per heavy atom. The number of benzene rings is 1. The molecule has 1 fully saturated rings. The van der Waals surface area contributed by atoms with Crippen molar-refractivity contribution in [3.8, 4) is 0 Å². The number of ether oxygens (including phenoxy) is 1. The van der Waals surface area contributed by atoms with Crippen LogP contribution in [-0.4, -0.2) is 56.2 Å². The summed E-state index contributed by atoms with van der Waals surface area (Å²) in [6, 6.07) is 10.2. The Kier molecular flexibility index (Phi) is 11.9. The van der Waals surface area contributed by atoms with E-state index in [1.54, 1.807) is 0 Å². The number of carbonyl (C=O) groups is 1. The molecule has 1 aliphatic heterocycles. The van der Waals surface area contributed by atoms with E-state index >= 15 is 0 Å². The summed E-state index contributed by atoms with van der Waals surface area (Å²) in [4.78, 5) is 19.0. The zero-order valence-electron chi connectivity index (χ0n) is 16.4. The van der Waals surface area contributed by atoms with Gasteiger partial charge in [-0.25, -0.2) is 0 Å². The molecule has 1 unspecified atom stereocenters. The van der Waals surface area contributed by atoms with Crippen LogP contribution in [0.25, 0.3) is 0 Å². The molecule has 0 amide bonds. The lowest BCUT2D eigenvalue weighted by Crippen LogP contribution is -2.48. The van der Waals surface area contributed by atoms with E-state index in [-0.39, 0.29) is 35.9 Å². The smallest absolute Gasteiger partial charge is 0.310 e. The van der Waals surface area contributed by atoms with Crippen LogP contribution in [-0.2, 0) is 9.53 Å². The number of aliphatic imine (C=N–C) groups is 1. The zero-order valence-corrected chi connectivity index (χ0v) is 18.8. The van der Waals surface area contributed by atoms with Gasteiger partial charge in [0.15, 0.2) is 5.96 Å². The van der Waals surface area contributed by atoms with Gasteiger partial charge in [-0.3, -0.25) is 9.79 Å². The molecule has 0 aromatic heterocycles. The monoisotopic (exact) mass is 488 g/mol. The lowest BCUT2D eigenvalue weighted by molar-refractivity contribution is -0.149. The third-order valence-electron chi connectivity index (χ3n) is 4.38. The Bertz CT molecular complexity index is 568. The summed E-state index contributed by atoms with van der Waals surface area (Å²) in [5, 5.41) is 6.76. The van der Waals surface area contributed by atoms with E-state index in [2.05, 4.69) is 34.6 Å². The SMILES string of the molecule is CCNC(=NCCCNc1ccccc1)N1CCCC(C(=O)OCC)C1.I. The second kappa shape index (κ2) is 13.6. The van der Waals surface area contributed by atoms with Gasteiger partial charge in [0.25, 0.3) is 0 Å². The van der Waals surface area contributed by atoms with Crippen molar-refractivity contribution < 1.29 is 9.53 Å². The number of esters is 1. The van der Waals surface area contributed by atoms with Gasteiger partial charge in [0, 0.05) is 38.4 Å². The van der Waals surface area contributed by atoms with Gasteiger partial charge < -0.3 is 20.3 Å². The van der Waals surface area contributed by atoms with Crippen molar-refractivity contribution in [2.45, 2.75) is 33.1 Å². The first-order valence-corrected chi connectivity index (χ1v) is 9.73. The summed E-state index contributed by atoms with van der Waals surface area (Å²) in [6.07, 6.45) is 2.85. The highest BCUT2D eigenvalue weighted by Crippen LogP contribution is 2.18. The van der Waals surface area contributed by atoms with E-state index in [0.29, 0.717) is 13.2 Å². The van der Waals surface area contributed by atoms with Crippen LogP contribution < -0.4 is 10.6 Å². The molecule has 6 nitrogen and oxygen atoms in total.